The maximum atomic E-state index is 11.8. The molecule has 0 aromatic heterocycles. The first-order chi connectivity index (χ1) is 9.46. The first kappa shape index (κ1) is 14.5. The quantitative estimate of drug-likeness (QED) is 0.609. The van der Waals surface area contributed by atoms with Gasteiger partial charge in [-0.15, -0.1) is 0 Å². The van der Waals surface area contributed by atoms with Gasteiger partial charge in [-0.3, -0.25) is 9.79 Å². The monoisotopic (exact) mass is 293 g/mol. The molecule has 0 amide bonds. The Kier molecular flexibility index (Phi) is 4.34. The van der Waals surface area contributed by atoms with Gasteiger partial charge in [0.2, 0.25) is 0 Å². The Morgan fingerprint density at radius 2 is 2.05 bits per heavy atom. The normalized spacial score (nSPS) is 15.2. The van der Waals surface area contributed by atoms with Crippen molar-refractivity contribution in [3.63, 3.8) is 0 Å². The molecule has 1 aliphatic rings. The van der Waals surface area contributed by atoms with E-state index in [9.17, 15) is 13.2 Å². The minimum absolute atomic E-state index is 0.206. The number of ether oxygens (including phenoxy) is 1. The molecule has 1 heterocycles. The van der Waals surface area contributed by atoms with E-state index in [0.717, 1.165) is 17.0 Å². The number of carbonyl (C=O) groups is 1. The molecule has 0 bridgehead atoms. The Labute approximate surface area is 117 Å². The number of carbonyl (C=O) groups excluding carboxylic acids is 1. The molecule has 0 atom stereocenters. The SMILES string of the molecule is Cc1ccc(C(=O)/C=C/S(=O)(=O)CC2=NCCO2)cc1. The van der Waals surface area contributed by atoms with Crippen molar-refractivity contribution in [2.24, 2.45) is 4.99 Å². The van der Waals surface area contributed by atoms with Gasteiger partial charge in [0.25, 0.3) is 0 Å². The van der Waals surface area contributed by atoms with Crippen molar-refractivity contribution in [3.05, 3.63) is 46.9 Å². The van der Waals surface area contributed by atoms with Crippen LogP contribution in [-0.4, -0.2) is 39.0 Å². The predicted octanol–water partition coefficient (Wildman–Crippen LogP) is 1.53. The summed E-state index contributed by atoms with van der Waals surface area (Å²) >= 11 is 0. The van der Waals surface area contributed by atoms with Crippen molar-refractivity contribution >= 4 is 21.5 Å². The highest BCUT2D eigenvalue weighted by Gasteiger charge is 2.16. The number of ketones is 1. The number of allylic oxidation sites excluding steroid dienone is 1. The maximum absolute atomic E-state index is 11.8. The van der Waals surface area contributed by atoms with Gasteiger partial charge in [-0.1, -0.05) is 29.8 Å². The Hall–Kier alpha value is -1.95. The van der Waals surface area contributed by atoms with Crippen LogP contribution < -0.4 is 0 Å². The van der Waals surface area contributed by atoms with Crippen molar-refractivity contribution in [2.45, 2.75) is 6.92 Å². The van der Waals surface area contributed by atoms with Crippen LogP contribution in [0, 0.1) is 6.92 Å². The van der Waals surface area contributed by atoms with Crippen LogP contribution in [0.1, 0.15) is 15.9 Å². The van der Waals surface area contributed by atoms with E-state index >= 15 is 0 Å². The van der Waals surface area contributed by atoms with Crippen LogP contribution in [0.15, 0.2) is 40.7 Å². The number of nitrogens with zero attached hydrogens (tertiary/aromatic N) is 1. The number of hydrogen-bond donors (Lipinski definition) is 0. The highest BCUT2D eigenvalue weighted by molar-refractivity contribution is 7.94. The fourth-order valence-electron chi connectivity index (χ4n) is 1.67. The molecule has 0 spiro atoms. The van der Waals surface area contributed by atoms with Gasteiger partial charge in [-0.25, -0.2) is 8.42 Å². The van der Waals surface area contributed by atoms with Crippen LogP contribution in [0.5, 0.6) is 0 Å². The highest BCUT2D eigenvalue weighted by Crippen LogP contribution is 2.06. The lowest BCUT2D eigenvalue weighted by Crippen LogP contribution is -2.14. The summed E-state index contributed by atoms with van der Waals surface area (Å²) in [5.41, 5.74) is 1.49. The third-order valence-corrected chi connectivity index (χ3v) is 3.94. The fourth-order valence-corrected chi connectivity index (χ4v) is 2.61. The van der Waals surface area contributed by atoms with Crippen LogP contribution in [0.2, 0.25) is 0 Å². The zero-order valence-corrected chi connectivity index (χ0v) is 11.9. The summed E-state index contributed by atoms with van der Waals surface area (Å²) in [6.45, 7) is 2.81. The van der Waals surface area contributed by atoms with Gasteiger partial charge < -0.3 is 4.74 Å². The average molecular weight is 293 g/mol. The molecule has 0 saturated carbocycles. The van der Waals surface area contributed by atoms with Gasteiger partial charge in [0.1, 0.15) is 12.4 Å². The topological polar surface area (TPSA) is 72.8 Å². The van der Waals surface area contributed by atoms with E-state index in [1.54, 1.807) is 24.3 Å². The molecule has 5 nitrogen and oxygen atoms in total. The van der Waals surface area contributed by atoms with E-state index in [-0.39, 0.29) is 17.4 Å². The Morgan fingerprint density at radius 3 is 2.65 bits per heavy atom. The zero-order chi connectivity index (χ0) is 14.6. The minimum atomic E-state index is -3.53. The van der Waals surface area contributed by atoms with E-state index in [1.807, 2.05) is 6.92 Å². The second kappa shape index (κ2) is 6.00. The fraction of sp³-hybridized carbons (Fsp3) is 0.286. The second-order valence-electron chi connectivity index (χ2n) is 4.46. The second-order valence-corrected chi connectivity index (χ2v) is 6.35. The average Bonchev–Trinajstić information content (AvgIpc) is 2.89. The van der Waals surface area contributed by atoms with E-state index in [2.05, 4.69) is 4.99 Å². The first-order valence-corrected chi connectivity index (χ1v) is 7.86. The summed E-state index contributed by atoms with van der Waals surface area (Å²) in [5.74, 6) is -0.440. The number of rotatable bonds is 5. The van der Waals surface area contributed by atoms with Crippen molar-refractivity contribution < 1.29 is 17.9 Å². The molecule has 0 unspecified atom stereocenters. The zero-order valence-electron chi connectivity index (χ0n) is 11.1. The molecule has 0 saturated heterocycles. The molecule has 20 heavy (non-hydrogen) atoms. The third kappa shape index (κ3) is 4.03. The number of aliphatic imine (C=N–C) groups is 1. The van der Waals surface area contributed by atoms with Gasteiger partial charge in [0, 0.05) is 11.0 Å². The molecule has 0 fully saturated rings. The molecule has 106 valence electrons. The molecule has 1 aliphatic heterocycles. The van der Waals surface area contributed by atoms with E-state index in [4.69, 9.17) is 4.74 Å². The van der Waals surface area contributed by atoms with Crippen molar-refractivity contribution in [3.8, 4) is 0 Å². The van der Waals surface area contributed by atoms with Crippen LogP contribution in [0.4, 0.5) is 0 Å². The minimum Gasteiger partial charge on any atom is -0.478 e. The Balaban J connectivity index is 2.04. The summed E-state index contributed by atoms with van der Waals surface area (Å²) in [7, 11) is -3.53. The molecule has 0 aliphatic carbocycles. The summed E-state index contributed by atoms with van der Waals surface area (Å²) in [6.07, 6.45) is 1.06. The molecule has 1 aromatic rings. The van der Waals surface area contributed by atoms with Crippen LogP contribution in [-0.2, 0) is 14.6 Å². The smallest absolute Gasteiger partial charge is 0.199 e. The van der Waals surface area contributed by atoms with E-state index in [0.29, 0.717) is 18.7 Å². The van der Waals surface area contributed by atoms with Gasteiger partial charge >= 0.3 is 0 Å². The molecule has 0 radical (unpaired) electrons. The maximum Gasteiger partial charge on any atom is 0.199 e. The predicted molar refractivity (Wildman–Crippen MR) is 76.7 cm³/mol. The largest absolute Gasteiger partial charge is 0.478 e. The molecular formula is C14H15NO4S. The Morgan fingerprint density at radius 1 is 1.35 bits per heavy atom. The lowest BCUT2D eigenvalue weighted by Gasteiger charge is -2.00. The Bertz CT molecular complexity index is 657. The van der Waals surface area contributed by atoms with Crippen molar-refractivity contribution in [1.82, 2.24) is 0 Å². The summed E-state index contributed by atoms with van der Waals surface area (Å²) in [4.78, 5) is 15.7. The summed E-state index contributed by atoms with van der Waals surface area (Å²) in [6, 6.07) is 6.94. The summed E-state index contributed by atoms with van der Waals surface area (Å²) < 4.78 is 28.6. The van der Waals surface area contributed by atoms with Gasteiger partial charge in [0.15, 0.2) is 21.5 Å². The third-order valence-electron chi connectivity index (χ3n) is 2.74. The molecular weight excluding hydrogens is 278 g/mol. The number of sulfone groups is 1. The van der Waals surface area contributed by atoms with E-state index in [1.165, 1.54) is 0 Å². The lowest BCUT2D eigenvalue weighted by molar-refractivity contribution is 0.104. The number of hydrogen-bond acceptors (Lipinski definition) is 5. The van der Waals surface area contributed by atoms with Crippen molar-refractivity contribution in [2.75, 3.05) is 18.9 Å². The van der Waals surface area contributed by atoms with Crippen LogP contribution >= 0.6 is 0 Å². The van der Waals surface area contributed by atoms with Crippen LogP contribution in [0.25, 0.3) is 0 Å². The van der Waals surface area contributed by atoms with E-state index < -0.39 is 9.84 Å². The highest BCUT2D eigenvalue weighted by atomic mass is 32.2. The number of aryl methyl sites for hydroxylation is 1. The first-order valence-electron chi connectivity index (χ1n) is 6.14. The molecule has 6 heteroatoms. The van der Waals surface area contributed by atoms with Gasteiger partial charge in [-0.05, 0) is 13.0 Å². The number of benzene rings is 1. The van der Waals surface area contributed by atoms with Crippen LogP contribution in [0.3, 0.4) is 0 Å². The lowest BCUT2D eigenvalue weighted by atomic mass is 10.1. The van der Waals surface area contributed by atoms with Gasteiger partial charge in [0.05, 0.1) is 6.54 Å². The van der Waals surface area contributed by atoms with Gasteiger partial charge in [-0.2, -0.15) is 0 Å². The van der Waals surface area contributed by atoms with Crippen molar-refractivity contribution in [1.29, 1.82) is 0 Å². The molecule has 2 rings (SSSR count). The summed E-state index contributed by atoms with van der Waals surface area (Å²) in [5, 5.41) is 0.916. The molecule has 1 aromatic carbocycles. The standard InChI is InChI=1S/C14H15NO4S/c1-11-2-4-12(5-3-11)13(16)6-9-20(17,18)10-14-15-7-8-19-14/h2-6,9H,7-8,10H2,1H3/b9-6+. The molecule has 0 N–H and O–H groups in total.